The molecule has 0 aliphatic carbocycles. The van der Waals surface area contributed by atoms with Gasteiger partial charge in [0.25, 0.3) is 0 Å². The van der Waals surface area contributed by atoms with Crippen LogP contribution in [0.25, 0.3) is 0 Å². The molecule has 0 atom stereocenters. The fourth-order valence-corrected chi connectivity index (χ4v) is 1.20. The first kappa shape index (κ1) is 13.3. The minimum Gasteiger partial charge on any atom is -0.444 e. The van der Waals surface area contributed by atoms with Crippen LogP contribution in [0.3, 0.4) is 0 Å². The molecule has 0 spiro atoms. The van der Waals surface area contributed by atoms with Gasteiger partial charge in [0.1, 0.15) is 5.60 Å². The summed E-state index contributed by atoms with van der Waals surface area (Å²) in [4.78, 5) is 11.3. The molecule has 96 valence electrons. The van der Waals surface area contributed by atoms with Crippen LogP contribution in [0.15, 0.2) is 12.4 Å². The van der Waals surface area contributed by atoms with Gasteiger partial charge in [-0.3, -0.25) is 4.68 Å². The third-order valence-corrected chi connectivity index (χ3v) is 1.83. The van der Waals surface area contributed by atoms with E-state index in [0.717, 1.165) is 5.69 Å². The maximum absolute atomic E-state index is 11.3. The molecule has 1 aromatic heterocycles. The minimum absolute atomic E-state index is 0.398. The number of rotatable bonds is 4. The number of carbonyl (C=O) groups excluding carboxylic acids is 1. The molecule has 17 heavy (non-hydrogen) atoms. The summed E-state index contributed by atoms with van der Waals surface area (Å²) >= 11 is 0. The Morgan fingerprint density at radius 2 is 2.18 bits per heavy atom. The maximum atomic E-state index is 11.3. The quantitative estimate of drug-likeness (QED) is 0.780. The minimum atomic E-state index is -0.457. The highest BCUT2D eigenvalue weighted by atomic mass is 16.6. The molecular weight excluding hydrogens is 220 g/mol. The van der Waals surface area contributed by atoms with E-state index in [1.165, 1.54) is 0 Å². The van der Waals surface area contributed by atoms with Crippen LogP contribution >= 0.6 is 0 Å². The van der Waals surface area contributed by atoms with Crippen molar-refractivity contribution in [2.24, 2.45) is 7.05 Å². The molecule has 2 N–H and O–H groups in total. The Hall–Kier alpha value is -1.72. The van der Waals surface area contributed by atoms with Gasteiger partial charge >= 0.3 is 6.09 Å². The van der Waals surface area contributed by atoms with Gasteiger partial charge in [0, 0.05) is 26.3 Å². The monoisotopic (exact) mass is 240 g/mol. The first-order chi connectivity index (χ1) is 7.87. The van der Waals surface area contributed by atoms with Crippen LogP contribution in [-0.4, -0.2) is 34.6 Å². The summed E-state index contributed by atoms with van der Waals surface area (Å²) < 4.78 is 6.81. The summed E-state index contributed by atoms with van der Waals surface area (Å²) in [6.07, 6.45) is 3.20. The summed E-state index contributed by atoms with van der Waals surface area (Å²) in [5.41, 5.74) is 0.472. The van der Waals surface area contributed by atoms with Crippen molar-refractivity contribution in [2.45, 2.75) is 26.4 Å². The van der Waals surface area contributed by atoms with Gasteiger partial charge in [-0.2, -0.15) is 5.10 Å². The SMILES string of the molecule is Cn1cc(NCCNC(=O)OC(C)(C)C)cn1. The second-order valence-corrected chi connectivity index (χ2v) is 4.76. The van der Waals surface area contributed by atoms with Crippen molar-refractivity contribution < 1.29 is 9.53 Å². The zero-order chi connectivity index (χ0) is 12.9. The molecular formula is C11H20N4O2. The van der Waals surface area contributed by atoms with Gasteiger partial charge in [-0.05, 0) is 20.8 Å². The van der Waals surface area contributed by atoms with Crippen molar-refractivity contribution in [3.8, 4) is 0 Å². The first-order valence-corrected chi connectivity index (χ1v) is 5.56. The van der Waals surface area contributed by atoms with Crippen molar-refractivity contribution in [3.05, 3.63) is 12.4 Å². The van der Waals surface area contributed by atoms with E-state index in [1.54, 1.807) is 10.9 Å². The standard InChI is InChI=1S/C11H20N4O2/c1-11(2,3)17-10(16)13-6-5-12-9-7-14-15(4)8-9/h7-8,12H,5-6H2,1-4H3,(H,13,16). The molecule has 6 heteroatoms. The van der Waals surface area contributed by atoms with Crippen LogP contribution in [0.2, 0.25) is 0 Å². The Kier molecular flexibility index (Phi) is 4.37. The lowest BCUT2D eigenvalue weighted by molar-refractivity contribution is 0.0530. The maximum Gasteiger partial charge on any atom is 0.407 e. The molecule has 0 aromatic carbocycles. The zero-order valence-corrected chi connectivity index (χ0v) is 10.8. The number of alkyl carbamates (subject to hydrolysis) is 1. The number of aryl methyl sites for hydroxylation is 1. The van der Waals surface area contributed by atoms with E-state index in [9.17, 15) is 4.79 Å². The van der Waals surface area contributed by atoms with Gasteiger partial charge in [-0.15, -0.1) is 0 Å². The van der Waals surface area contributed by atoms with Crippen LogP contribution in [0.1, 0.15) is 20.8 Å². The van der Waals surface area contributed by atoms with Crippen LogP contribution in [0.5, 0.6) is 0 Å². The molecule has 1 amide bonds. The summed E-state index contributed by atoms with van der Waals surface area (Å²) in [6.45, 7) is 6.64. The predicted molar refractivity (Wildman–Crippen MR) is 65.9 cm³/mol. The Balaban J connectivity index is 2.14. The molecule has 1 heterocycles. The van der Waals surface area contributed by atoms with E-state index >= 15 is 0 Å². The highest BCUT2D eigenvalue weighted by molar-refractivity contribution is 5.67. The van der Waals surface area contributed by atoms with Gasteiger partial charge < -0.3 is 15.4 Å². The molecule has 1 aromatic rings. The van der Waals surface area contributed by atoms with E-state index in [4.69, 9.17) is 4.74 Å². The molecule has 0 radical (unpaired) electrons. The first-order valence-electron chi connectivity index (χ1n) is 5.56. The molecule has 0 aliphatic rings. The molecule has 0 saturated carbocycles. The molecule has 0 aliphatic heterocycles. The van der Waals surface area contributed by atoms with Gasteiger partial charge in [-0.1, -0.05) is 0 Å². The third-order valence-electron chi connectivity index (χ3n) is 1.83. The fourth-order valence-electron chi connectivity index (χ4n) is 1.20. The smallest absolute Gasteiger partial charge is 0.407 e. The summed E-state index contributed by atoms with van der Waals surface area (Å²) in [6, 6.07) is 0. The van der Waals surface area contributed by atoms with Gasteiger partial charge in [-0.25, -0.2) is 4.79 Å². The Labute approximate surface area is 101 Å². The number of anilines is 1. The molecule has 0 fully saturated rings. The van der Waals surface area contributed by atoms with Crippen LogP contribution in [0.4, 0.5) is 10.5 Å². The number of hydrogen-bond acceptors (Lipinski definition) is 4. The number of carbonyl (C=O) groups is 1. The van der Waals surface area contributed by atoms with Gasteiger partial charge in [0.15, 0.2) is 0 Å². The van der Waals surface area contributed by atoms with Crippen molar-refractivity contribution >= 4 is 11.8 Å². The van der Waals surface area contributed by atoms with Crippen LogP contribution < -0.4 is 10.6 Å². The highest BCUT2D eigenvalue weighted by Gasteiger charge is 2.15. The summed E-state index contributed by atoms with van der Waals surface area (Å²) in [7, 11) is 1.85. The second kappa shape index (κ2) is 5.56. The van der Waals surface area contributed by atoms with Gasteiger partial charge in [0.05, 0.1) is 11.9 Å². The number of amides is 1. The summed E-state index contributed by atoms with van der Waals surface area (Å²) in [5.74, 6) is 0. The topological polar surface area (TPSA) is 68.2 Å². The Bertz CT molecular complexity index is 368. The Morgan fingerprint density at radius 1 is 1.47 bits per heavy atom. The summed E-state index contributed by atoms with van der Waals surface area (Å²) in [5, 5.41) is 9.82. The lowest BCUT2D eigenvalue weighted by atomic mass is 10.2. The second-order valence-electron chi connectivity index (χ2n) is 4.76. The molecule has 0 saturated heterocycles. The molecule has 6 nitrogen and oxygen atoms in total. The lowest BCUT2D eigenvalue weighted by Gasteiger charge is -2.19. The van der Waals surface area contributed by atoms with Crippen LogP contribution in [-0.2, 0) is 11.8 Å². The van der Waals surface area contributed by atoms with E-state index in [1.807, 2.05) is 34.0 Å². The molecule has 0 bridgehead atoms. The zero-order valence-electron chi connectivity index (χ0n) is 10.8. The fraction of sp³-hybridized carbons (Fsp3) is 0.636. The largest absolute Gasteiger partial charge is 0.444 e. The predicted octanol–water partition coefficient (Wildman–Crippen LogP) is 1.36. The number of nitrogens with zero attached hydrogens (tertiary/aromatic N) is 2. The van der Waals surface area contributed by atoms with E-state index in [0.29, 0.717) is 13.1 Å². The van der Waals surface area contributed by atoms with Crippen molar-refractivity contribution in [2.75, 3.05) is 18.4 Å². The average Bonchev–Trinajstić information content (AvgIpc) is 2.56. The third kappa shape index (κ3) is 5.79. The number of ether oxygens (including phenoxy) is 1. The van der Waals surface area contributed by atoms with E-state index in [-0.39, 0.29) is 0 Å². The lowest BCUT2D eigenvalue weighted by Crippen LogP contribution is -2.34. The van der Waals surface area contributed by atoms with E-state index in [2.05, 4.69) is 15.7 Å². The van der Waals surface area contributed by atoms with Crippen molar-refractivity contribution in [1.82, 2.24) is 15.1 Å². The number of nitrogens with one attached hydrogen (secondary N) is 2. The number of hydrogen-bond donors (Lipinski definition) is 2. The van der Waals surface area contributed by atoms with Crippen molar-refractivity contribution in [3.63, 3.8) is 0 Å². The van der Waals surface area contributed by atoms with Gasteiger partial charge in [0.2, 0.25) is 0 Å². The highest BCUT2D eigenvalue weighted by Crippen LogP contribution is 2.06. The van der Waals surface area contributed by atoms with E-state index < -0.39 is 11.7 Å². The number of aromatic nitrogens is 2. The molecule has 1 rings (SSSR count). The average molecular weight is 240 g/mol. The normalized spacial score (nSPS) is 11.1. The Morgan fingerprint density at radius 3 is 2.71 bits per heavy atom. The van der Waals surface area contributed by atoms with Crippen LogP contribution in [0, 0.1) is 0 Å². The van der Waals surface area contributed by atoms with Crippen molar-refractivity contribution in [1.29, 1.82) is 0 Å². The molecule has 0 unspecified atom stereocenters.